The first kappa shape index (κ1) is 21.6. The van der Waals surface area contributed by atoms with Crippen LogP contribution < -0.4 is 15.8 Å². The molecular weight excluding hydrogens is 382 g/mol. The van der Waals surface area contributed by atoms with Crippen LogP contribution in [0.3, 0.4) is 0 Å². The van der Waals surface area contributed by atoms with Gasteiger partial charge in [-0.3, -0.25) is 10.1 Å². The van der Waals surface area contributed by atoms with Crippen molar-refractivity contribution in [1.29, 1.82) is 0 Å². The summed E-state index contributed by atoms with van der Waals surface area (Å²) in [6.45, 7) is 0.446. The standard InChI is InChI=1S/C23H29N3O4/c1-29-19-13-9-17(10-14-19)22(27)26(21-6-4-3-5-20(21)24)15-16-7-11-18(12-8-16)25-23(28)30-2/h7-14,20-21H,3-6,15,24H2,1-2H3,(H,25,28). The fraction of sp³-hybridized carbons (Fsp3) is 0.391. The maximum absolute atomic E-state index is 13.4. The number of hydrogen-bond acceptors (Lipinski definition) is 5. The van der Waals surface area contributed by atoms with Crippen LogP contribution in [0.1, 0.15) is 41.6 Å². The van der Waals surface area contributed by atoms with Crippen molar-refractivity contribution in [1.82, 2.24) is 4.90 Å². The number of carbonyl (C=O) groups excluding carboxylic acids is 2. The Labute approximate surface area is 177 Å². The number of methoxy groups -OCH3 is 2. The van der Waals surface area contributed by atoms with Gasteiger partial charge in [-0.1, -0.05) is 25.0 Å². The van der Waals surface area contributed by atoms with Crippen molar-refractivity contribution in [2.75, 3.05) is 19.5 Å². The van der Waals surface area contributed by atoms with Crippen LogP contribution in [0, 0.1) is 0 Å². The molecule has 1 aliphatic rings. The van der Waals surface area contributed by atoms with E-state index in [-0.39, 0.29) is 18.0 Å². The van der Waals surface area contributed by atoms with Gasteiger partial charge in [0.25, 0.3) is 5.91 Å². The van der Waals surface area contributed by atoms with Crippen LogP contribution in [0.25, 0.3) is 0 Å². The second-order valence-corrected chi connectivity index (χ2v) is 7.49. The highest BCUT2D eigenvalue weighted by molar-refractivity contribution is 5.94. The molecule has 3 rings (SSSR count). The zero-order chi connectivity index (χ0) is 21.5. The predicted octanol–water partition coefficient (Wildman–Crippen LogP) is 3.79. The molecule has 0 radical (unpaired) electrons. The smallest absolute Gasteiger partial charge is 0.411 e. The van der Waals surface area contributed by atoms with Gasteiger partial charge in [0.1, 0.15) is 5.75 Å². The third-order valence-corrected chi connectivity index (χ3v) is 5.52. The molecule has 3 N–H and O–H groups in total. The largest absolute Gasteiger partial charge is 0.497 e. The molecule has 1 aliphatic carbocycles. The number of nitrogens with one attached hydrogen (secondary N) is 1. The monoisotopic (exact) mass is 411 g/mol. The van der Waals surface area contributed by atoms with E-state index in [1.54, 1.807) is 43.5 Å². The van der Waals surface area contributed by atoms with Crippen LogP contribution in [0.5, 0.6) is 5.75 Å². The van der Waals surface area contributed by atoms with Crippen molar-refractivity contribution in [2.24, 2.45) is 5.73 Å². The van der Waals surface area contributed by atoms with Crippen molar-refractivity contribution in [3.8, 4) is 5.75 Å². The van der Waals surface area contributed by atoms with Crippen molar-refractivity contribution in [3.63, 3.8) is 0 Å². The van der Waals surface area contributed by atoms with E-state index in [2.05, 4.69) is 10.1 Å². The number of nitrogens with two attached hydrogens (primary N) is 1. The Morgan fingerprint density at radius 1 is 1.03 bits per heavy atom. The van der Waals surface area contributed by atoms with Gasteiger partial charge in [0.15, 0.2) is 0 Å². The Balaban J connectivity index is 1.82. The lowest BCUT2D eigenvalue weighted by Gasteiger charge is -2.38. The fourth-order valence-electron chi connectivity index (χ4n) is 3.83. The molecule has 2 atom stereocenters. The van der Waals surface area contributed by atoms with E-state index in [9.17, 15) is 9.59 Å². The van der Waals surface area contributed by atoms with Crippen molar-refractivity contribution >= 4 is 17.7 Å². The first-order valence-electron chi connectivity index (χ1n) is 10.2. The van der Waals surface area contributed by atoms with Crippen LogP contribution in [-0.2, 0) is 11.3 Å². The van der Waals surface area contributed by atoms with Crippen molar-refractivity contribution < 1.29 is 19.1 Å². The summed E-state index contributed by atoms with van der Waals surface area (Å²) in [5, 5.41) is 2.63. The van der Waals surface area contributed by atoms with Gasteiger partial charge in [-0.25, -0.2) is 4.79 Å². The molecule has 0 saturated heterocycles. The number of carbonyl (C=O) groups is 2. The van der Waals surface area contributed by atoms with Gasteiger partial charge in [0.05, 0.1) is 14.2 Å². The molecule has 0 spiro atoms. The van der Waals surface area contributed by atoms with E-state index in [1.807, 2.05) is 17.0 Å². The average molecular weight is 412 g/mol. The number of ether oxygens (including phenoxy) is 2. The number of rotatable bonds is 6. The second kappa shape index (κ2) is 10.1. The van der Waals surface area contributed by atoms with Gasteiger partial charge in [0.2, 0.25) is 0 Å². The maximum Gasteiger partial charge on any atom is 0.411 e. The van der Waals surface area contributed by atoms with Crippen molar-refractivity contribution in [2.45, 2.75) is 44.3 Å². The molecule has 0 bridgehead atoms. The normalized spacial score (nSPS) is 18.4. The Morgan fingerprint density at radius 3 is 2.30 bits per heavy atom. The minimum Gasteiger partial charge on any atom is -0.497 e. The third-order valence-electron chi connectivity index (χ3n) is 5.52. The maximum atomic E-state index is 13.4. The Bertz CT molecular complexity index is 852. The number of amides is 2. The van der Waals surface area contributed by atoms with E-state index in [4.69, 9.17) is 10.5 Å². The van der Waals surface area contributed by atoms with Gasteiger partial charge >= 0.3 is 6.09 Å². The third kappa shape index (κ3) is 5.30. The molecule has 1 saturated carbocycles. The SMILES string of the molecule is COC(=O)Nc1ccc(CN(C(=O)c2ccc(OC)cc2)C2CCCCC2N)cc1. The summed E-state index contributed by atoms with van der Waals surface area (Å²) in [7, 11) is 2.92. The van der Waals surface area contributed by atoms with E-state index in [1.165, 1.54) is 7.11 Å². The molecule has 7 nitrogen and oxygen atoms in total. The Hall–Kier alpha value is -3.06. The minimum absolute atomic E-state index is 0.0128. The average Bonchev–Trinajstić information content (AvgIpc) is 2.78. The highest BCUT2D eigenvalue weighted by atomic mass is 16.5. The van der Waals surface area contributed by atoms with Crippen LogP contribution in [0.15, 0.2) is 48.5 Å². The summed E-state index contributed by atoms with van der Waals surface area (Å²) in [6, 6.07) is 14.5. The molecule has 1 fully saturated rings. The van der Waals surface area contributed by atoms with Crippen molar-refractivity contribution in [3.05, 3.63) is 59.7 Å². The van der Waals surface area contributed by atoms with Crippen LogP contribution >= 0.6 is 0 Å². The molecule has 0 aromatic heterocycles. The van der Waals surface area contributed by atoms with Gasteiger partial charge < -0.3 is 20.1 Å². The van der Waals surface area contributed by atoms with E-state index >= 15 is 0 Å². The van der Waals surface area contributed by atoms with Gasteiger partial charge in [-0.05, 0) is 54.8 Å². The lowest BCUT2D eigenvalue weighted by atomic mass is 9.89. The zero-order valence-electron chi connectivity index (χ0n) is 17.5. The quantitative estimate of drug-likeness (QED) is 0.754. The van der Waals surface area contributed by atoms with Gasteiger partial charge in [0, 0.05) is 29.9 Å². The number of anilines is 1. The molecule has 7 heteroatoms. The second-order valence-electron chi connectivity index (χ2n) is 7.49. The Morgan fingerprint density at radius 2 is 1.70 bits per heavy atom. The minimum atomic E-state index is -0.521. The highest BCUT2D eigenvalue weighted by Crippen LogP contribution is 2.26. The number of nitrogens with zero attached hydrogens (tertiary/aromatic N) is 1. The zero-order valence-corrected chi connectivity index (χ0v) is 17.5. The number of benzene rings is 2. The lowest BCUT2D eigenvalue weighted by molar-refractivity contribution is 0.0583. The van der Waals surface area contributed by atoms with Gasteiger partial charge in [-0.15, -0.1) is 0 Å². The lowest BCUT2D eigenvalue weighted by Crippen LogP contribution is -2.51. The van der Waals surface area contributed by atoms with E-state index < -0.39 is 6.09 Å². The summed E-state index contributed by atoms with van der Waals surface area (Å²) in [5.74, 6) is 0.665. The molecule has 0 aliphatic heterocycles. The summed E-state index contributed by atoms with van der Waals surface area (Å²) in [4.78, 5) is 26.7. The Kier molecular flexibility index (Phi) is 7.30. The van der Waals surface area contributed by atoms with E-state index in [0.717, 1.165) is 31.2 Å². The van der Waals surface area contributed by atoms with E-state index in [0.29, 0.717) is 23.5 Å². The molecule has 30 heavy (non-hydrogen) atoms. The molecule has 0 heterocycles. The molecule has 2 aromatic carbocycles. The van der Waals surface area contributed by atoms with Crippen LogP contribution in [0.2, 0.25) is 0 Å². The predicted molar refractivity (Wildman–Crippen MR) is 116 cm³/mol. The summed E-state index contributed by atoms with van der Waals surface area (Å²) in [6.07, 6.45) is 3.44. The fourth-order valence-corrected chi connectivity index (χ4v) is 3.83. The molecule has 2 aromatic rings. The molecule has 160 valence electrons. The van der Waals surface area contributed by atoms with Gasteiger partial charge in [-0.2, -0.15) is 0 Å². The molecular formula is C23H29N3O4. The number of hydrogen-bond donors (Lipinski definition) is 2. The molecule has 2 unspecified atom stereocenters. The first-order valence-corrected chi connectivity index (χ1v) is 10.2. The molecule has 2 amide bonds. The topological polar surface area (TPSA) is 93.9 Å². The van der Waals surface area contributed by atoms with Crippen LogP contribution in [0.4, 0.5) is 10.5 Å². The summed E-state index contributed by atoms with van der Waals surface area (Å²) >= 11 is 0. The first-order chi connectivity index (χ1) is 14.5. The summed E-state index contributed by atoms with van der Waals surface area (Å²) < 4.78 is 9.81. The highest BCUT2D eigenvalue weighted by Gasteiger charge is 2.31. The van der Waals surface area contributed by atoms with Crippen LogP contribution in [-0.4, -0.2) is 43.2 Å². The summed E-state index contributed by atoms with van der Waals surface area (Å²) in [5.41, 5.74) is 8.62.